The first-order valence-electron chi connectivity index (χ1n) is 5.57. The van der Waals surface area contributed by atoms with Crippen LogP contribution in [0.15, 0.2) is 58.3 Å². The second-order valence-corrected chi connectivity index (χ2v) is 6.10. The van der Waals surface area contributed by atoms with Gasteiger partial charge in [0.1, 0.15) is 0 Å². The van der Waals surface area contributed by atoms with Gasteiger partial charge in [-0.05, 0) is 48.5 Å². The van der Waals surface area contributed by atoms with E-state index in [-0.39, 0.29) is 62.9 Å². The van der Waals surface area contributed by atoms with E-state index in [0.717, 1.165) is 9.79 Å². The van der Waals surface area contributed by atoms with Gasteiger partial charge in [0, 0.05) is 9.79 Å². The van der Waals surface area contributed by atoms with Crippen molar-refractivity contribution in [2.24, 2.45) is 0 Å². The third-order valence-corrected chi connectivity index (χ3v) is 4.85. The van der Waals surface area contributed by atoms with E-state index in [2.05, 4.69) is 0 Å². The molecule has 21 heavy (non-hydrogen) atoms. The first-order chi connectivity index (χ1) is 9.56. The fourth-order valence-corrected chi connectivity index (χ4v) is 3.33. The molecule has 0 saturated heterocycles. The maximum absolute atomic E-state index is 10.7. The molecule has 0 aliphatic rings. The summed E-state index contributed by atoms with van der Waals surface area (Å²) >= 11 is 0. The van der Waals surface area contributed by atoms with E-state index >= 15 is 0 Å². The molecule has 2 aromatic carbocycles. The Bertz CT molecular complexity index is 579. The van der Waals surface area contributed by atoms with Crippen molar-refractivity contribution in [3.63, 3.8) is 0 Å². The fourth-order valence-electron chi connectivity index (χ4n) is 1.40. The van der Waals surface area contributed by atoms with Crippen molar-refractivity contribution < 1.29 is 22.7 Å². The smallest absolute Gasteiger partial charge is 1.00 e. The average molecular weight is 446 g/mol. The molecule has 0 fully saturated rings. The normalized spacial score (nSPS) is 9.71. The summed E-state index contributed by atoms with van der Waals surface area (Å²) in [5, 5.41) is 17.6. The molecule has 0 aliphatic heterocycles. The van der Waals surface area contributed by atoms with Gasteiger partial charge in [-0.25, -0.2) is 9.59 Å². The number of aromatic carboxylic acids is 2. The summed E-state index contributed by atoms with van der Waals surface area (Å²) in [5.74, 6) is -1.89. The van der Waals surface area contributed by atoms with Crippen LogP contribution in [0.3, 0.4) is 0 Å². The summed E-state index contributed by atoms with van der Waals surface area (Å²) in [5.41, 5.74) is 0.510. The third-order valence-electron chi connectivity index (χ3n) is 2.44. The van der Waals surface area contributed by atoms with Crippen molar-refractivity contribution in [2.75, 3.05) is 0 Å². The van der Waals surface area contributed by atoms with Gasteiger partial charge < -0.3 is 13.1 Å². The molecule has 0 aromatic heterocycles. The molecule has 0 unspecified atom stereocenters. The molecule has 0 bridgehead atoms. The Hall–Kier alpha value is -0.349. The Labute approximate surface area is 172 Å². The molecule has 0 aliphatic carbocycles. The topological polar surface area (TPSA) is 74.6 Å². The Kier molecular flexibility index (Phi) is 7.96. The fraction of sp³-hybridized carbons (Fsp3) is 0. The van der Waals surface area contributed by atoms with Crippen molar-refractivity contribution >= 4 is 82.4 Å². The van der Waals surface area contributed by atoms with E-state index in [9.17, 15) is 9.59 Å². The summed E-state index contributed by atoms with van der Waals surface area (Å²) in [6.07, 6.45) is 0. The van der Waals surface area contributed by atoms with E-state index in [1.165, 1.54) is 21.6 Å². The maximum Gasteiger partial charge on any atom is 2.00 e. The van der Waals surface area contributed by atoms with Crippen LogP contribution in [0.1, 0.15) is 23.6 Å². The zero-order chi connectivity index (χ0) is 14.5. The van der Waals surface area contributed by atoms with Crippen LogP contribution in [0.4, 0.5) is 0 Å². The van der Waals surface area contributed by atoms with Gasteiger partial charge in [-0.3, -0.25) is 0 Å². The third kappa shape index (κ3) is 5.74. The van der Waals surface area contributed by atoms with Gasteiger partial charge in [-0.1, -0.05) is 21.6 Å². The van der Waals surface area contributed by atoms with Crippen molar-refractivity contribution in [3.05, 3.63) is 59.7 Å². The maximum atomic E-state index is 10.7. The van der Waals surface area contributed by atoms with Crippen LogP contribution in [0.5, 0.6) is 0 Å². The molecule has 106 valence electrons. The number of hydrogen-bond acceptors (Lipinski definition) is 4. The molecule has 0 atom stereocenters. The molecule has 0 heterocycles. The van der Waals surface area contributed by atoms with Gasteiger partial charge in [-0.2, -0.15) is 0 Å². The minimum Gasteiger partial charge on any atom is -1.00 e. The number of carbonyl (C=O) groups is 2. The minimum absolute atomic E-state index is 0. The summed E-state index contributed by atoms with van der Waals surface area (Å²) in [7, 11) is 2.97. The van der Waals surface area contributed by atoms with Crippen LogP contribution in [0.2, 0.25) is 0 Å². The first-order valence-corrected chi connectivity index (χ1v) is 7.72. The molecule has 0 radical (unpaired) electrons. The van der Waals surface area contributed by atoms with E-state index < -0.39 is 11.9 Å². The molecule has 2 N–H and O–H groups in total. The van der Waals surface area contributed by atoms with E-state index in [1.54, 1.807) is 48.5 Å². The van der Waals surface area contributed by atoms with E-state index in [0.29, 0.717) is 0 Å². The number of carboxylic acid groups (broad SMARTS) is 2. The molecule has 0 amide bonds. The predicted octanol–water partition coefficient (Wildman–Crippen LogP) is 3.73. The van der Waals surface area contributed by atoms with Gasteiger partial charge in [0.2, 0.25) is 0 Å². The van der Waals surface area contributed by atoms with Gasteiger partial charge in [-0.15, -0.1) is 0 Å². The molecular formula is C14H12BaO4S2. The van der Waals surface area contributed by atoms with Crippen LogP contribution in [0, 0.1) is 0 Å². The molecule has 0 saturated carbocycles. The summed E-state index contributed by atoms with van der Waals surface area (Å²) in [4.78, 5) is 23.3. The van der Waals surface area contributed by atoms with Crippen molar-refractivity contribution in [3.8, 4) is 0 Å². The summed E-state index contributed by atoms with van der Waals surface area (Å²) in [6.45, 7) is 0. The largest absolute Gasteiger partial charge is 2.00 e. The van der Waals surface area contributed by atoms with Crippen molar-refractivity contribution in [1.29, 1.82) is 0 Å². The first kappa shape index (κ1) is 18.7. The molecule has 7 heteroatoms. The standard InChI is InChI=1S/C14H10O4S2.Ba.2H/c15-13(16)9-1-5-11(6-2-9)19-20-12-7-3-10(4-8-12)14(17)18;;;/h1-8H,(H,15,16)(H,17,18);;;/q;+2;2*-1. The monoisotopic (exact) mass is 446 g/mol. The zero-order valence-corrected chi connectivity index (χ0v) is 16.9. The van der Waals surface area contributed by atoms with Crippen LogP contribution >= 0.6 is 21.6 Å². The van der Waals surface area contributed by atoms with Gasteiger partial charge in [0.05, 0.1) is 11.1 Å². The summed E-state index contributed by atoms with van der Waals surface area (Å²) < 4.78 is 0. The molecule has 4 nitrogen and oxygen atoms in total. The van der Waals surface area contributed by atoms with Crippen LogP contribution in [-0.4, -0.2) is 71.0 Å². The van der Waals surface area contributed by atoms with Crippen LogP contribution in [-0.2, 0) is 0 Å². The van der Waals surface area contributed by atoms with Gasteiger partial charge >= 0.3 is 60.8 Å². The second-order valence-electron chi connectivity index (χ2n) is 3.83. The average Bonchev–Trinajstić information content (AvgIpc) is 2.46. The van der Waals surface area contributed by atoms with E-state index in [1.807, 2.05) is 0 Å². The number of rotatable bonds is 5. The van der Waals surface area contributed by atoms with Crippen molar-refractivity contribution in [1.82, 2.24) is 0 Å². The van der Waals surface area contributed by atoms with Crippen LogP contribution < -0.4 is 0 Å². The van der Waals surface area contributed by atoms with Gasteiger partial charge in [0.25, 0.3) is 0 Å². The number of carboxylic acids is 2. The summed E-state index contributed by atoms with van der Waals surface area (Å²) in [6, 6.07) is 13.2. The van der Waals surface area contributed by atoms with Gasteiger partial charge in [0.15, 0.2) is 0 Å². The Morgan fingerprint density at radius 3 is 1.24 bits per heavy atom. The molecule has 0 spiro atoms. The molecule has 2 rings (SSSR count). The predicted molar refractivity (Wildman–Crippen MR) is 86.5 cm³/mol. The quantitative estimate of drug-likeness (QED) is 0.540. The zero-order valence-electron chi connectivity index (χ0n) is 12.9. The van der Waals surface area contributed by atoms with E-state index in [4.69, 9.17) is 10.2 Å². The minimum atomic E-state index is -0.946. The van der Waals surface area contributed by atoms with Crippen LogP contribution in [0.25, 0.3) is 0 Å². The molecule has 2 aromatic rings. The second kappa shape index (κ2) is 8.94. The number of benzene rings is 2. The Balaban J connectivity index is 0. The van der Waals surface area contributed by atoms with Crippen molar-refractivity contribution in [2.45, 2.75) is 9.79 Å². The Morgan fingerprint density at radius 1 is 0.714 bits per heavy atom. The Morgan fingerprint density at radius 2 is 1.00 bits per heavy atom. The molecular weight excluding hydrogens is 434 g/mol. The SMILES string of the molecule is O=C(O)c1ccc(SSc2ccc(C(=O)O)cc2)cc1.[Ba+2].[H-].[H-]. The number of hydrogen-bond donors (Lipinski definition) is 2.